The highest BCUT2D eigenvalue weighted by molar-refractivity contribution is 5.75. The van der Waals surface area contributed by atoms with Gasteiger partial charge in [0.1, 0.15) is 0 Å². The third-order valence-electron chi connectivity index (χ3n) is 6.77. The van der Waals surface area contributed by atoms with Gasteiger partial charge in [-0.2, -0.15) is 0 Å². The normalized spacial score (nSPS) is 16.9. The molecule has 7 nitrogen and oxygen atoms in total. The zero-order valence-corrected chi connectivity index (χ0v) is 22.7. The predicted molar refractivity (Wildman–Crippen MR) is 139 cm³/mol. The molecule has 0 radical (unpaired) electrons. The predicted octanol–water partition coefficient (Wildman–Crippen LogP) is 5.41. The molecule has 204 valence electrons. The number of carbonyl (C=O) groups is 2. The fourth-order valence-electron chi connectivity index (χ4n) is 4.49. The molecule has 1 fully saturated rings. The van der Waals surface area contributed by atoms with Crippen molar-refractivity contribution in [2.24, 2.45) is 5.41 Å². The first kappa shape index (κ1) is 30.3. The summed E-state index contributed by atoms with van der Waals surface area (Å²) < 4.78 is 27.2. The van der Waals surface area contributed by atoms with Crippen LogP contribution in [0.4, 0.5) is 0 Å². The lowest BCUT2D eigenvalue weighted by Crippen LogP contribution is -2.30. The molecule has 1 aromatic rings. The molecule has 1 heterocycles. The number of hydrogen-bond acceptors (Lipinski definition) is 7. The van der Waals surface area contributed by atoms with Gasteiger partial charge < -0.3 is 23.7 Å². The molecule has 2 unspecified atom stereocenters. The molecule has 2 rings (SSSR count). The molecule has 0 spiro atoms. The van der Waals surface area contributed by atoms with Gasteiger partial charge in [-0.15, -0.1) is 0 Å². The van der Waals surface area contributed by atoms with Crippen LogP contribution in [0.15, 0.2) is 24.3 Å². The van der Waals surface area contributed by atoms with E-state index in [4.69, 9.17) is 23.7 Å². The Balaban J connectivity index is 1.75. The van der Waals surface area contributed by atoms with Crippen molar-refractivity contribution in [2.75, 3.05) is 34.0 Å². The Labute approximate surface area is 217 Å². The molecule has 1 saturated heterocycles. The summed E-state index contributed by atoms with van der Waals surface area (Å²) in [7, 11) is 2.78. The maximum absolute atomic E-state index is 12.4. The van der Waals surface area contributed by atoms with E-state index in [2.05, 4.69) is 12.1 Å². The van der Waals surface area contributed by atoms with Crippen LogP contribution in [-0.4, -0.2) is 58.4 Å². The molecule has 0 N–H and O–H groups in total. The Bertz CT molecular complexity index is 771. The summed E-state index contributed by atoms with van der Waals surface area (Å²) in [5.41, 5.74) is 1.77. The van der Waals surface area contributed by atoms with E-state index >= 15 is 0 Å². The molecule has 1 aliphatic heterocycles. The first-order valence-corrected chi connectivity index (χ1v) is 13.4. The van der Waals surface area contributed by atoms with Gasteiger partial charge >= 0.3 is 11.9 Å². The highest BCUT2D eigenvalue weighted by Gasteiger charge is 2.28. The monoisotopic (exact) mass is 506 g/mol. The van der Waals surface area contributed by atoms with Crippen LogP contribution < -0.4 is 0 Å². The first-order chi connectivity index (χ1) is 17.4. The van der Waals surface area contributed by atoms with Crippen molar-refractivity contribution in [1.29, 1.82) is 0 Å². The summed E-state index contributed by atoms with van der Waals surface area (Å²) in [6.45, 7) is 5.66. The molecule has 0 aromatic heterocycles. The van der Waals surface area contributed by atoms with Crippen molar-refractivity contribution in [3.8, 4) is 0 Å². The van der Waals surface area contributed by atoms with E-state index in [0.29, 0.717) is 25.9 Å². The van der Waals surface area contributed by atoms with E-state index in [1.807, 2.05) is 26.0 Å². The number of aryl methyl sites for hydroxylation is 1. The molecule has 0 aliphatic carbocycles. The molecule has 1 aromatic carbocycles. The van der Waals surface area contributed by atoms with Gasteiger partial charge in [0.05, 0.1) is 19.6 Å². The van der Waals surface area contributed by atoms with E-state index in [1.165, 1.54) is 26.2 Å². The van der Waals surface area contributed by atoms with Crippen molar-refractivity contribution in [2.45, 2.75) is 96.9 Å². The summed E-state index contributed by atoms with van der Waals surface area (Å²) >= 11 is 0. The number of ether oxygens (including phenoxy) is 5. The smallest absolute Gasteiger partial charge is 0.335 e. The van der Waals surface area contributed by atoms with Crippen LogP contribution in [-0.2, 0) is 46.1 Å². The van der Waals surface area contributed by atoms with Gasteiger partial charge in [0.15, 0.2) is 12.4 Å². The Kier molecular flexibility index (Phi) is 14.1. The molecular formula is C29H46O7. The summed E-state index contributed by atoms with van der Waals surface area (Å²) in [6, 6.07) is 8.23. The SMILES string of the molecule is COC(=O)C(Cc1ccccc1CCCCCCOC1CCCCO1)OCCCC(C)(C)C(=O)OC. The Morgan fingerprint density at radius 2 is 1.72 bits per heavy atom. The second-order valence-electron chi connectivity index (χ2n) is 10.2. The van der Waals surface area contributed by atoms with Crippen LogP contribution in [0.3, 0.4) is 0 Å². The van der Waals surface area contributed by atoms with Crippen molar-refractivity contribution in [3.05, 3.63) is 35.4 Å². The van der Waals surface area contributed by atoms with Crippen LogP contribution in [0, 0.1) is 5.41 Å². The topological polar surface area (TPSA) is 80.3 Å². The van der Waals surface area contributed by atoms with Gasteiger partial charge in [0.2, 0.25) is 0 Å². The maximum atomic E-state index is 12.4. The van der Waals surface area contributed by atoms with Crippen LogP contribution >= 0.6 is 0 Å². The van der Waals surface area contributed by atoms with Gasteiger partial charge in [-0.25, -0.2) is 4.79 Å². The molecular weight excluding hydrogens is 460 g/mol. The number of esters is 2. The van der Waals surface area contributed by atoms with E-state index in [-0.39, 0.29) is 18.2 Å². The zero-order chi connectivity index (χ0) is 26.2. The van der Waals surface area contributed by atoms with Crippen LogP contribution in [0.1, 0.15) is 82.8 Å². The minimum absolute atomic E-state index is 0.00468. The number of hydrogen-bond donors (Lipinski definition) is 0. The molecule has 1 aliphatic rings. The van der Waals surface area contributed by atoms with Gasteiger partial charge in [0, 0.05) is 26.2 Å². The number of rotatable bonds is 17. The Morgan fingerprint density at radius 3 is 2.42 bits per heavy atom. The molecule has 2 atom stereocenters. The van der Waals surface area contributed by atoms with Crippen LogP contribution in [0.2, 0.25) is 0 Å². The van der Waals surface area contributed by atoms with E-state index < -0.39 is 11.5 Å². The molecule has 7 heteroatoms. The number of benzene rings is 1. The molecule has 36 heavy (non-hydrogen) atoms. The maximum Gasteiger partial charge on any atom is 0.335 e. The van der Waals surface area contributed by atoms with Crippen molar-refractivity contribution in [1.82, 2.24) is 0 Å². The van der Waals surface area contributed by atoms with Crippen LogP contribution in [0.5, 0.6) is 0 Å². The number of methoxy groups -OCH3 is 2. The number of unbranched alkanes of at least 4 members (excludes halogenated alkanes) is 3. The standard InChI is InChI=1S/C29H46O7/c1-29(2,28(31)33-4)18-13-21-34-25(27(30)32-3)22-24-16-9-8-15-23(24)14-7-5-6-11-19-35-26-17-10-12-20-36-26/h8-9,15-16,25-26H,5-7,10-14,17-22H2,1-4H3. The van der Waals surface area contributed by atoms with Gasteiger partial charge in [-0.3, -0.25) is 4.79 Å². The lowest BCUT2D eigenvalue weighted by Gasteiger charge is -2.22. The zero-order valence-electron chi connectivity index (χ0n) is 22.7. The van der Waals surface area contributed by atoms with Crippen molar-refractivity contribution in [3.63, 3.8) is 0 Å². The third kappa shape index (κ3) is 11.0. The van der Waals surface area contributed by atoms with Gasteiger partial charge in [0.25, 0.3) is 0 Å². The van der Waals surface area contributed by atoms with Crippen LogP contribution in [0.25, 0.3) is 0 Å². The Hall–Kier alpha value is -1.96. The van der Waals surface area contributed by atoms with Crippen molar-refractivity contribution >= 4 is 11.9 Å². The second-order valence-corrected chi connectivity index (χ2v) is 10.2. The largest absolute Gasteiger partial charge is 0.469 e. The molecule has 0 saturated carbocycles. The highest BCUT2D eigenvalue weighted by Crippen LogP contribution is 2.24. The summed E-state index contributed by atoms with van der Waals surface area (Å²) in [5.74, 6) is -0.620. The van der Waals surface area contributed by atoms with E-state index in [0.717, 1.165) is 63.7 Å². The second kappa shape index (κ2) is 16.7. The van der Waals surface area contributed by atoms with Crippen molar-refractivity contribution < 1.29 is 33.3 Å². The van der Waals surface area contributed by atoms with Gasteiger partial charge in [-0.1, -0.05) is 37.1 Å². The highest BCUT2D eigenvalue weighted by atomic mass is 16.7. The minimum Gasteiger partial charge on any atom is -0.469 e. The Morgan fingerprint density at radius 1 is 0.972 bits per heavy atom. The quantitative estimate of drug-likeness (QED) is 0.206. The minimum atomic E-state index is -0.670. The van der Waals surface area contributed by atoms with E-state index in [9.17, 15) is 9.59 Å². The average Bonchev–Trinajstić information content (AvgIpc) is 2.90. The molecule has 0 amide bonds. The average molecular weight is 507 g/mol. The molecule has 0 bridgehead atoms. The van der Waals surface area contributed by atoms with Gasteiger partial charge in [-0.05, 0) is 76.3 Å². The fraction of sp³-hybridized carbons (Fsp3) is 0.724. The lowest BCUT2D eigenvalue weighted by molar-refractivity contribution is -0.162. The van der Waals surface area contributed by atoms with E-state index in [1.54, 1.807) is 0 Å². The lowest BCUT2D eigenvalue weighted by atomic mass is 9.88. The summed E-state index contributed by atoms with van der Waals surface area (Å²) in [6.07, 6.45) is 9.77. The summed E-state index contributed by atoms with van der Waals surface area (Å²) in [5, 5.41) is 0. The summed E-state index contributed by atoms with van der Waals surface area (Å²) in [4.78, 5) is 24.3. The fourth-order valence-corrected chi connectivity index (χ4v) is 4.49. The first-order valence-electron chi connectivity index (χ1n) is 13.4. The third-order valence-corrected chi connectivity index (χ3v) is 6.77. The number of carbonyl (C=O) groups excluding carboxylic acids is 2.